The zero-order valence-electron chi connectivity index (χ0n) is 20.5. The molecule has 0 bridgehead atoms. The SMILES string of the molecule is CN=C(c1cc(-c2nc(Nc3ccc4c(n3)CCN(CC(F)(F)F)C4)ncc2F)cc(F)c1N)C(C)C. The summed E-state index contributed by atoms with van der Waals surface area (Å²) < 4.78 is 67.6. The summed E-state index contributed by atoms with van der Waals surface area (Å²) in [5.41, 5.74) is 8.17. The fourth-order valence-corrected chi connectivity index (χ4v) is 4.33. The van der Waals surface area contributed by atoms with Gasteiger partial charge in [-0.25, -0.2) is 23.7 Å². The van der Waals surface area contributed by atoms with Crippen LogP contribution >= 0.6 is 0 Å². The lowest BCUT2D eigenvalue weighted by Gasteiger charge is -2.28. The fourth-order valence-electron chi connectivity index (χ4n) is 4.33. The molecule has 0 amide bonds. The van der Waals surface area contributed by atoms with E-state index < -0.39 is 24.4 Å². The van der Waals surface area contributed by atoms with Crippen LogP contribution in [0.5, 0.6) is 0 Å². The number of hydrogen-bond acceptors (Lipinski definition) is 7. The van der Waals surface area contributed by atoms with Gasteiger partial charge >= 0.3 is 6.18 Å². The first-order valence-electron chi connectivity index (χ1n) is 11.6. The van der Waals surface area contributed by atoms with Crippen LogP contribution in [0, 0.1) is 17.6 Å². The highest BCUT2D eigenvalue weighted by atomic mass is 19.4. The molecule has 0 saturated heterocycles. The van der Waals surface area contributed by atoms with Crippen molar-refractivity contribution in [2.75, 3.05) is 31.2 Å². The third-order valence-electron chi connectivity index (χ3n) is 5.98. The summed E-state index contributed by atoms with van der Waals surface area (Å²) in [7, 11) is 1.58. The molecule has 0 unspecified atom stereocenters. The van der Waals surface area contributed by atoms with E-state index in [0.29, 0.717) is 34.8 Å². The van der Waals surface area contributed by atoms with Crippen LogP contribution in [-0.2, 0) is 13.0 Å². The first-order valence-corrected chi connectivity index (χ1v) is 11.6. The molecule has 3 aromatic rings. The van der Waals surface area contributed by atoms with E-state index in [1.54, 1.807) is 25.2 Å². The molecule has 196 valence electrons. The van der Waals surface area contributed by atoms with Gasteiger partial charge in [-0.2, -0.15) is 13.2 Å². The van der Waals surface area contributed by atoms with Crippen molar-refractivity contribution in [3.05, 3.63) is 58.9 Å². The second-order valence-electron chi connectivity index (χ2n) is 9.08. The van der Waals surface area contributed by atoms with E-state index in [2.05, 4.69) is 25.3 Å². The number of aromatic nitrogens is 3. The van der Waals surface area contributed by atoms with E-state index in [1.165, 1.54) is 4.90 Å². The first kappa shape index (κ1) is 26.4. The summed E-state index contributed by atoms with van der Waals surface area (Å²) in [6.45, 7) is 3.17. The van der Waals surface area contributed by atoms with Gasteiger partial charge in [0.1, 0.15) is 17.3 Å². The topological polar surface area (TPSA) is 92.3 Å². The Bertz CT molecular complexity index is 1340. The van der Waals surface area contributed by atoms with E-state index in [4.69, 9.17) is 5.73 Å². The number of halogens is 5. The molecule has 0 radical (unpaired) electrons. The van der Waals surface area contributed by atoms with Gasteiger partial charge in [-0.3, -0.25) is 9.89 Å². The lowest BCUT2D eigenvalue weighted by atomic mass is 9.95. The van der Waals surface area contributed by atoms with Gasteiger partial charge in [-0.15, -0.1) is 0 Å². The molecule has 37 heavy (non-hydrogen) atoms. The van der Waals surface area contributed by atoms with Crippen molar-refractivity contribution in [2.24, 2.45) is 10.9 Å². The Morgan fingerprint density at radius 2 is 1.92 bits per heavy atom. The first-order chi connectivity index (χ1) is 17.4. The lowest BCUT2D eigenvalue weighted by Crippen LogP contribution is -2.38. The predicted octanol–water partition coefficient (Wildman–Crippen LogP) is 5.14. The van der Waals surface area contributed by atoms with Crippen LogP contribution in [0.3, 0.4) is 0 Å². The van der Waals surface area contributed by atoms with Crippen LogP contribution in [0.1, 0.15) is 30.7 Å². The fraction of sp³-hybridized carbons (Fsp3) is 0.360. The zero-order chi connectivity index (χ0) is 26.9. The molecule has 1 aromatic carbocycles. The van der Waals surface area contributed by atoms with Crippen molar-refractivity contribution in [3.63, 3.8) is 0 Å². The number of nitrogens with zero attached hydrogens (tertiary/aromatic N) is 5. The maximum absolute atomic E-state index is 14.7. The van der Waals surface area contributed by atoms with Crippen molar-refractivity contribution in [3.8, 4) is 11.3 Å². The summed E-state index contributed by atoms with van der Waals surface area (Å²) in [5.74, 6) is -1.17. The third kappa shape index (κ3) is 6.01. The van der Waals surface area contributed by atoms with E-state index in [0.717, 1.165) is 12.3 Å². The average Bonchev–Trinajstić information content (AvgIpc) is 2.82. The molecule has 1 aliphatic heterocycles. The summed E-state index contributed by atoms with van der Waals surface area (Å²) in [4.78, 5) is 18.2. The molecule has 1 aliphatic rings. The second kappa shape index (κ2) is 10.4. The number of anilines is 3. The highest BCUT2D eigenvalue weighted by Crippen LogP contribution is 2.30. The van der Waals surface area contributed by atoms with Crippen molar-refractivity contribution >= 4 is 23.2 Å². The van der Waals surface area contributed by atoms with Crippen molar-refractivity contribution < 1.29 is 22.0 Å². The smallest absolute Gasteiger partial charge is 0.396 e. The van der Waals surface area contributed by atoms with Crippen LogP contribution in [-0.4, -0.2) is 51.9 Å². The number of alkyl halides is 3. The number of fused-ring (bicyclic) bond motifs is 1. The molecule has 0 spiro atoms. The number of nitrogens with one attached hydrogen (secondary N) is 1. The molecule has 0 atom stereocenters. The van der Waals surface area contributed by atoms with Crippen LogP contribution < -0.4 is 11.1 Å². The number of nitrogen functional groups attached to an aromatic ring is 1. The monoisotopic (exact) mass is 519 g/mol. The number of nitrogens with two attached hydrogens (primary N) is 1. The molecule has 4 rings (SSSR count). The molecule has 7 nitrogen and oxygen atoms in total. The minimum Gasteiger partial charge on any atom is -0.396 e. The molecule has 0 saturated carbocycles. The summed E-state index contributed by atoms with van der Waals surface area (Å²) in [6.07, 6.45) is -2.96. The molecule has 2 aromatic heterocycles. The van der Waals surface area contributed by atoms with Crippen molar-refractivity contribution in [2.45, 2.75) is 33.0 Å². The predicted molar refractivity (Wildman–Crippen MR) is 132 cm³/mol. The second-order valence-corrected chi connectivity index (χ2v) is 9.08. The maximum atomic E-state index is 14.7. The van der Waals surface area contributed by atoms with Gasteiger partial charge in [-0.1, -0.05) is 19.9 Å². The van der Waals surface area contributed by atoms with Crippen LogP contribution in [0.25, 0.3) is 11.3 Å². The molecule has 12 heteroatoms. The average molecular weight is 520 g/mol. The summed E-state index contributed by atoms with van der Waals surface area (Å²) >= 11 is 0. The molecular formula is C25H26F5N7. The number of rotatable bonds is 6. The Balaban J connectivity index is 1.61. The van der Waals surface area contributed by atoms with Gasteiger partial charge in [0.05, 0.1) is 18.4 Å². The molecule has 3 N–H and O–H groups in total. The number of hydrogen-bond donors (Lipinski definition) is 2. The van der Waals surface area contributed by atoms with Crippen LogP contribution in [0.15, 0.2) is 35.5 Å². The van der Waals surface area contributed by atoms with Gasteiger partial charge in [0.25, 0.3) is 0 Å². The Hall–Kier alpha value is -3.67. The normalized spacial score (nSPS) is 14.7. The Morgan fingerprint density at radius 1 is 1.16 bits per heavy atom. The van der Waals surface area contributed by atoms with E-state index >= 15 is 0 Å². The number of pyridine rings is 1. The van der Waals surface area contributed by atoms with Crippen LogP contribution in [0.4, 0.5) is 39.4 Å². The highest BCUT2D eigenvalue weighted by Gasteiger charge is 2.32. The maximum Gasteiger partial charge on any atom is 0.401 e. The van der Waals surface area contributed by atoms with Crippen molar-refractivity contribution in [1.82, 2.24) is 19.9 Å². The molecule has 0 aliphatic carbocycles. The van der Waals surface area contributed by atoms with Crippen LogP contribution in [0.2, 0.25) is 0 Å². The van der Waals surface area contributed by atoms with Gasteiger partial charge in [0.15, 0.2) is 5.82 Å². The molecular weight excluding hydrogens is 493 g/mol. The Kier molecular flexibility index (Phi) is 7.39. The third-order valence-corrected chi connectivity index (χ3v) is 5.98. The Morgan fingerprint density at radius 3 is 2.59 bits per heavy atom. The summed E-state index contributed by atoms with van der Waals surface area (Å²) in [5, 5.41) is 2.90. The van der Waals surface area contributed by atoms with Gasteiger partial charge < -0.3 is 11.1 Å². The molecule has 0 fully saturated rings. The minimum atomic E-state index is -4.27. The van der Waals surface area contributed by atoms with E-state index in [-0.39, 0.29) is 41.9 Å². The number of benzene rings is 1. The number of aliphatic imine (C=N–C) groups is 1. The van der Waals surface area contributed by atoms with E-state index in [9.17, 15) is 22.0 Å². The lowest BCUT2D eigenvalue weighted by molar-refractivity contribution is -0.147. The minimum absolute atomic E-state index is 0.0189. The Labute approximate surface area is 210 Å². The summed E-state index contributed by atoms with van der Waals surface area (Å²) in [6, 6.07) is 5.93. The molecule has 3 heterocycles. The quantitative estimate of drug-likeness (QED) is 0.266. The highest BCUT2D eigenvalue weighted by molar-refractivity contribution is 6.06. The van der Waals surface area contributed by atoms with Gasteiger partial charge in [0, 0.05) is 49.1 Å². The standard InChI is InChI=1S/C25H26F5N7/c1-13(2)22(32-3)16-8-15(9-17(26)21(16)31)23-18(27)10-33-24(36-23)35-20-5-4-14-11-37(12-25(28,29)30)7-6-19(14)34-20/h4-5,8-10,13H,6-7,11-12,31H2,1-3H3,(H,33,34,35,36). The van der Waals surface area contributed by atoms with Crippen molar-refractivity contribution in [1.29, 1.82) is 0 Å². The van der Waals surface area contributed by atoms with E-state index in [1.807, 2.05) is 13.8 Å². The van der Waals surface area contributed by atoms with Gasteiger partial charge in [-0.05, 0) is 29.7 Å². The zero-order valence-corrected chi connectivity index (χ0v) is 20.5. The largest absolute Gasteiger partial charge is 0.401 e. The van der Waals surface area contributed by atoms with Gasteiger partial charge in [0.2, 0.25) is 5.95 Å².